The third-order valence-electron chi connectivity index (χ3n) is 2.70. The van der Waals surface area contributed by atoms with Gasteiger partial charge in [0, 0.05) is 17.9 Å². The second-order valence-electron chi connectivity index (χ2n) is 4.34. The zero-order chi connectivity index (χ0) is 15.8. The van der Waals surface area contributed by atoms with Crippen molar-refractivity contribution in [1.82, 2.24) is 10.2 Å². The molecular formula is C14H12FN5S2. The number of nitrogens with one attached hydrogen (secondary N) is 1. The third kappa shape index (κ3) is 4.99. The second-order valence-corrected chi connectivity index (χ2v) is 6.58. The zero-order valence-electron chi connectivity index (χ0n) is 11.5. The van der Waals surface area contributed by atoms with Crippen molar-refractivity contribution >= 4 is 33.9 Å². The number of hydrogen-bond acceptors (Lipinski definition) is 7. The number of rotatable bonds is 7. The van der Waals surface area contributed by atoms with Gasteiger partial charge in [-0.1, -0.05) is 23.1 Å². The Balaban J connectivity index is 1.87. The Morgan fingerprint density at radius 3 is 2.73 bits per heavy atom. The molecule has 8 heteroatoms. The lowest BCUT2D eigenvalue weighted by Crippen LogP contribution is -1.99. The molecule has 2 rings (SSSR count). The number of nitrogens with zero attached hydrogens (tertiary/aromatic N) is 4. The van der Waals surface area contributed by atoms with Gasteiger partial charge in [0.2, 0.25) is 5.13 Å². The molecule has 0 amide bonds. The van der Waals surface area contributed by atoms with Gasteiger partial charge < -0.3 is 5.32 Å². The van der Waals surface area contributed by atoms with Crippen molar-refractivity contribution in [3.8, 4) is 12.1 Å². The number of halogens is 1. The highest BCUT2D eigenvalue weighted by molar-refractivity contribution is 8.01. The molecule has 1 N–H and O–H groups in total. The lowest BCUT2D eigenvalue weighted by atomic mass is 10.1. The van der Waals surface area contributed by atoms with E-state index in [9.17, 15) is 4.39 Å². The van der Waals surface area contributed by atoms with Crippen LogP contribution in [-0.4, -0.2) is 16.0 Å². The summed E-state index contributed by atoms with van der Waals surface area (Å²) < 4.78 is 13.6. The largest absolute Gasteiger partial charge is 0.330 e. The fraction of sp³-hybridized carbons (Fsp3) is 0.286. The van der Waals surface area contributed by atoms with Crippen molar-refractivity contribution in [2.75, 3.05) is 11.1 Å². The summed E-state index contributed by atoms with van der Waals surface area (Å²) in [6.45, 7) is 0. The van der Waals surface area contributed by atoms with Crippen LogP contribution in [0.3, 0.4) is 0 Å². The molecule has 5 nitrogen and oxygen atoms in total. The predicted molar refractivity (Wildman–Crippen MR) is 84.3 cm³/mol. The van der Waals surface area contributed by atoms with Crippen molar-refractivity contribution in [3.05, 3.63) is 30.1 Å². The van der Waals surface area contributed by atoms with Gasteiger partial charge >= 0.3 is 0 Å². The van der Waals surface area contributed by atoms with Gasteiger partial charge in [0.15, 0.2) is 4.34 Å². The fourth-order valence-electron chi connectivity index (χ4n) is 1.57. The maximum atomic E-state index is 12.8. The summed E-state index contributed by atoms with van der Waals surface area (Å²) in [6.07, 6.45) is 0.950. The van der Waals surface area contributed by atoms with Gasteiger partial charge in [0.1, 0.15) is 5.82 Å². The normalized spacial score (nSPS) is 11.4. The van der Waals surface area contributed by atoms with Gasteiger partial charge in [-0.15, -0.1) is 10.2 Å². The van der Waals surface area contributed by atoms with Crippen LogP contribution in [0.4, 0.5) is 15.2 Å². The molecule has 0 radical (unpaired) electrons. The molecule has 1 aromatic carbocycles. The van der Waals surface area contributed by atoms with E-state index in [1.165, 1.54) is 35.2 Å². The van der Waals surface area contributed by atoms with Gasteiger partial charge in [-0.05, 0) is 30.7 Å². The Morgan fingerprint density at radius 2 is 2.05 bits per heavy atom. The molecule has 0 saturated carbocycles. The highest BCUT2D eigenvalue weighted by Crippen LogP contribution is 2.29. The van der Waals surface area contributed by atoms with Crippen LogP contribution in [0.5, 0.6) is 0 Å². The Hall–Kier alpha value is -2.16. The monoisotopic (exact) mass is 333 g/mol. The van der Waals surface area contributed by atoms with Crippen LogP contribution in [0, 0.1) is 34.4 Å². The Morgan fingerprint density at radius 1 is 1.27 bits per heavy atom. The Labute approximate surface area is 135 Å². The van der Waals surface area contributed by atoms with Gasteiger partial charge in [0.25, 0.3) is 0 Å². The molecule has 0 spiro atoms. The van der Waals surface area contributed by atoms with E-state index >= 15 is 0 Å². The first kappa shape index (κ1) is 16.2. The summed E-state index contributed by atoms with van der Waals surface area (Å²) in [5.74, 6) is 0.129. The highest BCUT2D eigenvalue weighted by Gasteiger charge is 2.11. The maximum absolute atomic E-state index is 12.8. The minimum Gasteiger partial charge on any atom is -0.330 e. The molecule has 1 atom stereocenters. The number of hydrogen-bond donors (Lipinski definition) is 1. The zero-order valence-corrected chi connectivity index (χ0v) is 13.1. The van der Waals surface area contributed by atoms with Crippen molar-refractivity contribution in [2.45, 2.75) is 17.2 Å². The second kappa shape index (κ2) is 8.32. The highest BCUT2D eigenvalue weighted by atomic mass is 32.2. The van der Waals surface area contributed by atoms with Gasteiger partial charge in [-0.25, -0.2) is 4.39 Å². The van der Waals surface area contributed by atoms with E-state index in [4.69, 9.17) is 10.5 Å². The number of benzene rings is 1. The number of thioether (sulfide) groups is 1. The van der Waals surface area contributed by atoms with Gasteiger partial charge in [0.05, 0.1) is 18.1 Å². The molecule has 0 aliphatic rings. The average molecular weight is 333 g/mol. The molecular weight excluding hydrogens is 321 g/mol. The Bertz CT molecular complexity index is 686. The molecule has 0 unspecified atom stereocenters. The molecule has 2 aromatic rings. The molecule has 0 fully saturated rings. The van der Waals surface area contributed by atoms with E-state index in [1.54, 1.807) is 12.1 Å². The van der Waals surface area contributed by atoms with E-state index in [-0.39, 0.29) is 11.7 Å². The SMILES string of the molecule is N#CCC[C@H](C#N)CSc1nnc(Nc2ccc(F)cc2)s1. The van der Waals surface area contributed by atoms with Crippen molar-refractivity contribution in [1.29, 1.82) is 10.5 Å². The molecule has 1 aromatic heterocycles. The van der Waals surface area contributed by atoms with Crippen LogP contribution in [0.25, 0.3) is 0 Å². The van der Waals surface area contributed by atoms with Gasteiger partial charge in [-0.2, -0.15) is 10.5 Å². The molecule has 0 saturated heterocycles. The van der Waals surface area contributed by atoms with E-state index in [1.807, 2.05) is 6.07 Å². The first-order valence-corrected chi connectivity index (χ1v) is 8.27. The molecule has 0 aliphatic carbocycles. The van der Waals surface area contributed by atoms with Crippen LogP contribution in [0.15, 0.2) is 28.6 Å². The van der Waals surface area contributed by atoms with E-state index in [0.717, 1.165) is 10.0 Å². The summed E-state index contributed by atoms with van der Waals surface area (Å²) in [7, 11) is 0. The third-order valence-corrected chi connectivity index (χ3v) is 4.83. The van der Waals surface area contributed by atoms with Crippen molar-refractivity contribution < 1.29 is 4.39 Å². The first-order valence-electron chi connectivity index (χ1n) is 6.46. The van der Waals surface area contributed by atoms with Crippen LogP contribution >= 0.6 is 23.1 Å². The number of anilines is 2. The molecule has 22 heavy (non-hydrogen) atoms. The molecule has 0 bridgehead atoms. The lowest BCUT2D eigenvalue weighted by Gasteiger charge is -2.03. The van der Waals surface area contributed by atoms with Gasteiger partial charge in [-0.3, -0.25) is 0 Å². The van der Waals surface area contributed by atoms with Crippen LogP contribution in [0.1, 0.15) is 12.8 Å². The smallest absolute Gasteiger partial charge is 0.210 e. The summed E-state index contributed by atoms with van der Waals surface area (Å²) in [5, 5.41) is 29.2. The van der Waals surface area contributed by atoms with Crippen LogP contribution < -0.4 is 5.32 Å². The van der Waals surface area contributed by atoms with Crippen molar-refractivity contribution in [3.63, 3.8) is 0 Å². The van der Waals surface area contributed by atoms with E-state index < -0.39 is 0 Å². The first-order chi connectivity index (χ1) is 10.7. The Kier molecular flexibility index (Phi) is 6.13. The predicted octanol–water partition coefficient (Wildman–Crippen LogP) is 3.96. The summed E-state index contributed by atoms with van der Waals surface area (Å²) in [6, 6.07) is 10.2. The number of nitriles is 2. The van der Waals surface area contributed by atoms with E-state index in [2.05, 4.69) is 21.6 Å². The summed E-state index contributed by atoms with van der Waals surface area (Å²) >= 11 is 2.82. The molecule has 0 aliphatic heterocycles. The van der Waals surface area contributed by atoms with Crippen molar-refractivity contribution in [2.24, 2.45) is 5.92 Å². The summed E-state index contributed by atoms with van der Waals surface area (Å²) in [5.41, 5.74) is 0.734. The summed E-state index contributed by atoms with van der Waals surface area (Å²) in [4.78, 5) is 0. The number of aromatic nitrogens is 2. The quantitative estimate of drug-likeness (QED) is 0.772. The lowest BCUT2D eigenvalue weighted by molar-refractivity contribution is 0.628. The standard InChI is InChI=1S/C14H12FN5S2/c15-11-3-5-12(6-4-11)18-13-19-20-14(22-13)21-9-10(8-17)2-1-7-16/h3-6,10H,1-2,9H2,(H,18,19)/t10-/m1/s1. The topological polar surface area (TPSA) is 85.4 Å². The van der Waals surface area contributed by atoms with E-state index in [0.29, 0.717) is 23.7 Å². The maximum Gasteiger partial charge on any atom is 0.210 e. The molecule has 1 heterocycles. The molecule has 112 valence electrons. The minimum atomic E-state index is -0.293. The van der Waals surface area contributed by atoms with Crippen LogP contribution in [-0.2, 0) is 0 Å². The fourth-order valence-corrected chi connectivity index (χ4v) is 3.43. The average Bonchev–Trinajstić information content (AvgIpc) is 2.97. The van der Waals surface area contributed by atoms with Crippen LogP contribution in [0.2, 0.25) is 0 Å². The minimum absolute atomic E-state index is 0.165.